The molecular weight excluding hydrogens is 243 g/mol. The maximum absolute atomic E-state index is 12.8. The number of hydrogen-bond donors (Lipinski definition) is 2. The normalized spacial score (nSPS) is 13.8. The average molecular weight is 254 g/mol. The second-order valence-electron chi connectivity index (χ2n) is 3.64. The van der Waals surface area contributed by atoms with Crippen molar-refractivity contribution in [3.8, 4) is 0 Å². The molecule has 1 aromatic carbocycles. The Balaban J connectivity index is 2.70. The molecule has 0 spiro atoms. The molecule has 0 fully saturated rings. The molecule has 17 heavy (non-hydrogen) atoms. The molecule has 0 aliphatic carbocycles. The lowest BCUT2D eigenvalue weighted by atomic mass is 10.0. The predicted octanol–water partition coefficient (Wildman–Crippen LogP) is 2.29. The van der Waals surface area contributed by atoms with Crippen LogP contribution in [0.5, 0.6) is 0 Å². The molecule has 0 aromatic heterocycles. The van der Waals surface area contributed by atoms with Crippen molar-refractivity contribution in [2.45, 2.75) is 25.1 Å². The van der Waals surface area contributed by atoms with Gasteiger partial charge in [-0.3, -0.25) is 11.3 Å². The van der Waals surface area contributed by atoms with Gasteiger partial charge >= 0.3 is 6.18 Å². The molecule has 0 amide bonds. The molecule has 1 unspecified atom stereocenters. The highest BCUT2D eigenvalue weighted by atomic mass is 19.4. The lowest BCUT2D eigenvalue weighted by molar-refractivity contribution is -0.140. The molecule has 0 radical (unpaired) electrons. The van der Waals surface area contributed by atoms with Crippen LogP contribution in [0.4, 0.5) is 22.0 Å². The van der Waals surface area contributed by atoms with Crippen LogP contribution in [-0.2, 0) is 6.42 Å². The molecule has 3 N–H and O–H groups in total. The molecule has 7 heteroatoms. The van der Waals surface area contributed by atoms with E-state index in [1.54, 1.807) is 0 Å². The smallest absolute Gasteiger partial charge is 0.271 e. The molecular formula is C10H11F5N2. The Bertz CT molecular complexity index is 377. The average Bonchev–Trinajstić information content (AvgIpc) is 2.20. The molecule has 0 bridgehead atoms. The highest BCUT2D eigenvalue weighted by Crippen LogP contribution is 2.23. The third kappa shape index (κ3) is 4.66. The van der Waals surface area contributed by atoms with Crippen LogP contribution in [0.25, 0.3) is 0 Å². The second kappa shape index (κ2) is 5.42. The summed E-state index contributed by atoms with van der Waals surface area (Å²) in [4.78, 5) is 0. The Morgan fingerprint density at radius 2 is 1.82 bits per heavy atom. The first-order valence-corrected chi connectivity index (χ1v) is 4.78. The number of alkyl halides is 3. The van der Waals surface area contributed by atoms with Gasteiger partial charge in [0.2, 0.25) is 0 Å². The summed E-state index contributed by atoms with van der Waals surface area (Å²) in [7, 11) is 0. The zero-order valence-corrected chi connectivity index (χ0v) is 8.69. The Kier molecular flexibility index (Phi) is 4.41. The molecule has 0 saturated carbocycles. The van der Waals surface area contributed by atoms with E-state index in [2.05, 4.69) is 0 Å². The predicted molar refractivity (Wildman–Crippen MR) is 51.8 cm³/mol. The van der Waals surface area contributed by atoms with E-state index in [1.165, 1.54) is 6.07 Å². The van der Waals surface area contributed by atoms with Crippen LogP contribution in [0.3, 0.4) is 0 Å². The van der Waals surface area contributed by atoms with Crippen molar-refractivity contribution >= 4 is 0 Å². The van der Waals surface area contributed by atoms with Gasteiger partial charge in [-0.15, -0.1) is 0 Å². The molecule has 1 atom stereocenters. The summed E-state index contributed by atoms with van der Waals surface area (Å²) in [5, 5.41) is 0. The van der Waals surface area contributed by atoms with Gasteiger partial charge in [0, 0.05) is 6.04 Å². The summed E-state index contributed by atoms with van der Waals surface area (Å²) in [6.07, 6.45) is -5.63. The third-order valence-electron chi connectivity index (χ3n) is 2.18. The summed E-state index contributed by atoms with van der Waals surface area (Å²) >= 11 is 0. The van der Waals surface area contributed by atoms with Crippen LogP contribution in [0.15, 0.2) is 18.2 Å². The molecule has 0 saturated heterocycles. The van der Waals surface area contributed by atoms with E-state index in [1.807, 2.05) is 5.43 Å². The van der Waals surface area contributed by atoms with Gasteiger partial charge in [-0.05, 0) is 24.1 Å². The first-order chi connectivity index (χ1) is 7.81. The number of rotatable bonds is 4. The molecule has 2 nitrogen and oxygen atoms in total. The van der Waals surface area contributed by atoms with Crippen molar-refractivity contribution in [1.82, 2.24) is 5.43 Å². The molecule has 1 rings (SSSR count). The zero-order valence-electron chi connectivity index (χ0n) is 8.69. The minimum atomic E-state index is -4.37. The fourth-order valence-corrected chi connectivity index (χ4v) is 1.42. The minimum absolute atomic E-state index is 0.132. The summed E-state index contributed by atoms with van der Waals surface area (Å²) in [6.45, 7) is 0. The summed E-state index contributed by atoms with van der Waals surface area (Å²) < 4.78 is 61.7. The Hall–Kier alpha value is -1.21. The van der Waals surface area contributed by atoms with Gasteiger partial charge in [-0.1, -0.05) is 6.07 Å². The molecule has 96 valence electrons. The molecule has 1 aromatic rings. The SMILES string of the molecule is NNC(Cc1ccc(F)c(F)c1)CC(F)(F)F. The van der Waals surface area contributed by atoms with Crippen molar-refractivity contribution in [3.63, 3.8) is 0 Å². The van der Waals surface area contributed by atoms with Crippen LogP contribution in [0.1, 0.15) is 12.0 Å². The maximum atomic E-state index is 12.8. The first kappa shape index (κ1) is 13.9. The van der Waals surface area contributed by atoms with Gasteiger partial charge in [0.25, 0.3) is 0 Å². The van der Waals surface area contributed by atoms with Crippen molar-refractivity contribution in [3.05, 3.63) is 35.4 Å². The number of benzene rings is 1. The van der Waals surface area contributed by atoms with E-state index in [0.717, 1.165) is 12.1 Å². The highest BCUT2D eigenvalue weighted by molar-refractivity contribution is 5.18. The van der Waals surface area contributed by atoms with Crippen LogP contribution in [-0.4, -0.2) is 12.2 Å². The monoisotopic (exact) mass is 254 g/mol. The van der Waals surface area contributed by atoms with E-state index in [0.29, 0.717) is 0 Å². The van der Waals surface area contributed by atoms with Crippen LogP contribution >= 0.6 is 0 Å². The van der Waals surface area contributed by atoms with Gasteiger partial charge < -0.3 is 0 Å². The number of nitrogens with one attached hydrogen (secondary N) is 1. The highest BCUT2D eigenvalue weighted by Gasteiger charge is 2.31. The van der Waals surface area contributed by atoms with Crippen molar-refractivity contribution in [2.75, 3.05) is 0 Å². The summed E-state index contributed by atoms with van der Waals surface area (Å²) in [5.41, 5.74) is 2.25. The lowest BCUT2D eigenvalue weighted by Gasteiger charge is -2.17. The van der Waals surface area contributed by atoms with E-state index < -0.39 is 30.3 Å². The van der Waals surface area contributed by atoms with Crippen LogP contribution in [0, 0.1) is 11.6 Å². The van der Waals surface area contributed by atoms with E-state index >= 15 is 0 Å². The number of halogens is 5. The van der Waals surface area contributed by atoms with Gasteiger partial charge in [-0.2, -0.15) is 13.2 Å². The van der Waals surface area contributed by atoms with Crippen LogP contribution < -0.4 is 11.3 Å². The standard InChI is InChI=1S/C10H11F5N2/c11-8-2-1-6(4-9(8)12)3-7(17-16)5-10(13,14)15/h1-2,4,7,17H,3,5,16H2. The van der Waals surface area contributed by atoms with Crippen molar-refractivity contribution in [1.29, 1.82) is 0 Å². The maximum Gasteiger partial charge on any atom is 0.390 e. The lowest BCUT2D eigenvalue weighted by Crippen LogP contribution is -2.40. The van der Waals surface area contributed by atoms with E-state index in [-0.39, 0.29) is 12.0 Å². The quantitative estimate of drug-likeness (QED) is 0.491. The van der Waals surface area contributed by atoms with Crippen LogP contribution in [0.2, 0.25) is 0 Å². The van der Waals surface area contributed by atoms with Gasteiger partial charge in [0.1, 0.15) is 0 Å². The van der Waals surface area contributed by atoms with Gasteiger partial charge in [0.05, 0.1) is 6.42 Å². The van der Waals surface area contributed by atoms with E-state index in [4.69, 9.17) is 5.84 Å². The first-order valence-electron chi connectivity index (χ1n) is 4.78. The Morgan fingerprint density at radius 3 is 2.29 bits per heavy atom. The number of nitrogens with two attached hydrogens (primary N) is 1. The number of hydrazine groups is 1. The van der Waals surface area contributed by atoms with Gasteiger partial charge in [-0.25, -0.2) is 8.78 Å². The molecule has 0 aliphatic rings. The second-order valence-corrected chi connectivity index (χ2v) is 3.64. The molecule has 0 aliphatic heterocycles. The summed E-state index contributed by atoms with van der Waals surface area (Å²) in [5.74, 6) is 2.85. The van der Waals surface area contributed by atoms with Gasteiger partial charge in [0.15, 0.2) is 11.6 Å². The summed E-state index contributed by atoms with van der Waals surface area (Å²) in [6, 6.07) is 1.88. The Labute approximate surface area is 94.6 Å². The largest absolute Gasteiger partial charge is 0.390 e. The number of hydrogen-bond acceptors (Lipinski definition) is 2. The van der Waals surface area contributed by atoms with E-state index in [9.17, 15) is 22.0 Å². The minimum Gasteiger partial charge on any atom is -0.271 e. The topological polar surface area (TPSA) is 38.0 Å². The van der Waals surface area contributed by atoms with Crippen molar-refractivity contribution < 1.29 is 22.0 Å². The fraction of sp³-hybridized carbons (Fsp3) is 0.400. The van der Waals surface area contributed by atoms with Crippen molar-refractivity contribution in [2.24, 2.45) is 5.84 Å². The molecule has 0 heterocycles. The zero-order chi connectivity index (χ0) is 13.1. The Morgan fingerprint density at radius 1 is 1.18 bits per heavy atom. The third-order valence-corrected chi connectivity index (χ3v) is 2.18. The fourth-order valence-electron chi connectivity index (χ4n) is 1.42.